The quantitative estimate of drug-likeness (QED) is 0.792. The summed E-state index contributed by atoms with van der Waals surface area (Å²) in [6, 6.07) is 13.0. The van der Waals surface area contributed by atoms with E-state index in [2.05, 4.69) is 10.9 Å². The Kier molecular flexibility index (Phi) is 5.18. The lowest BCUT2D eigenvalue weighted by molar-refractivity contribution is -0.131. The molecule has 26 heavy (non-hydrogen) atoms. The summed E-state index contributed by atoms with van der Waals surface area (Å²) in [5.41, 5.74) is 7.38. The largest absolute Gasteiger partial charge is 0.484 e. The van der Waals surface area contributed by atoms with Crippen molar-refractivity contribution in [1.82, 2.24) is 10.9 Å². The molecule has 0 saturated heterocycles. The van der Waals surface area contributed by atoms with Gasteiger partial charge >= 0.3 is 0 Å². The molecule has 0 radical (unpaired) electrons. The van der Waals surface area contributed by atoms with Crippen LogP contribution in [0.15, 0.2) is 42.5 Å². The predicted molar refractivity (Wildman–Crippen MR) is 100 cm³/mol. The van der Waals surface area contributed by atoms with Gasteiger partial charge in [-0.1, -0.05) is 29.8 Å². The Labute approximate surface area is 157 Å². The van der Waals surface area contributed by atoms with E-state index in [0.29, 0.717) is 10.8 Å². The van der Waals surface area contributed by atoms with Crippen molar-refractivity contribution in [2.45, 2.75) is 32.1 Å². The lowest BCUT2D eigenvalue weighted by Crippen LogP contribution is -2.48. The Morgan fingerprint density at radius 3 is 2.23 bits per heavy atom. The zero-order chi connectivity index (χ0) is 18.7. The van der Waals surface area contributed by atoms with Gasteiger partial charge in [-0.25, -0.2) is 0 Å². The van der Waals surface area contributed by atoms with Crippen molar-refractivity contribution in [3.05, 3.63) is 64.2 Å². The second-order valence-corrected chi connectivity index (χ2v) is 7.14. The van der Waals surface area contributed by atoms with Crippen LogP contribution >= 0.6 is 11.6 Å². The van der Waals surface area contributed by atoms with Gasteiger partial charge in [0, 0.05) is 5.02 Å². The number of halogens is 1. The molecule has 0 spiro atoms. The highest BCUT2D eigenvalue weighted by Crippen LogP contribution is 2.48. The average Bonchev–Trinajstić information content (AvgIpc) is 3.39. The molecule has 1 saturated carbocycles. The van der Waals surface area contributed by atoms with Crippen molar-refractivity contribution in [1.29, 1.82) is 0 Å². The van der Waals surface area contributed by atoms with Crippen molar-refractivity contribution in [2.24, 2.45) is 0 Å². The number of amides is 2. The molecule has 2 aromatic carbocycles. The number of hydrogen-bond donors (Lipinski definition) is 2. The maximum absolute atomic E-state index is 12.5. The molecule has 0 unspecified atom stereocenters. The number of hydrogen-bond acceptors (Lipinski definition) is 3. The molecule has 0 aliphatic heterocycles. The molecule has 1 aliphatic rings. The van der Waals surface area contributed by atoms with Gasteiger partial charge < -0.3 is 4.74 Å². The van der Waals surface area contributed by atoms with E-state index in [0.717, 1.165) is 29.5 Å². The van der Waals surface area contributed by atoms with Crippen LogP contribution < -0.4 is 15.6 Å². The summed E-state index contributed by atoms with van der Waals surface area (Å²) in [5, 5.41) is 0.627. The summed E-state index contributed by atoms with van der Waals surface area (Å²) in [4.78, 5) is 24.4. The van der Waals surface area contributed by atoms with Crippen LogP contribution in [0.5, 0.6) is 5.75 Å². The molecule has 2 amide bonds. The smallest absolute Gasteiger partial charge is 0.276 e. The minimum absolute atomic E-state index is 0.170. The second-order valence-electron chi connectivity index (χ2n) is 6.70. The molecule has 6 heteroatoms. The van der Waals surface area contributed by atoms with Gasteiger partial charge in [0.2, 0.25) is 5.91 Å². The number of nitrogens with one attached hydrogen (secondary N) is 2. The van der Waals surface area contributed by atoms with E-state index in [-0.39, 0.29) is 12.5 Å². The number of rotatable bonds is 5. The Hall–Kier alpha value is -2.53. The van der Waals surface area contributed by atoms with Crippen molar-refractivity contribution < 1.29 is 14.3 Å². The normalized spacial score (nSPS) is 14.4. The first-order valence-corrected chi connectivity index (χ1v) is 8.83. The molecule has 0 heterocycles. The van der Waals surface area contributed by atoms with Crippen LogP contribution in [0.3, 0.4) is 0 Å². The van der Waals surface area contributed by atoms with Crippen LogP contribution in [0.25, 0.3) is 0 Å². The third kappa shape index (κ3) is 4.17. The van der Waals surface area contributed by atoms with Crippen LogP contribution in [0, 0.1) is 13.8 Å². The first-order chi connectivity index (χ1) is 12.4. The molecule has 1 fully saturated rings. The molecule has 0 bridgehead atoms. The van der Waals surface area contributed by atoms with Crippen LogP contribution in [0.1, 0.15) is 29.5 Å². The van der Waals surface area contributed by atoms with E-state index in [1.165, 1.54) is 0 Å². The van der Waals surface area contributed by atoms with Gasteiger partial charge in [0.25, 0.3) is 5.91 Å². The molecular formula is C20H21ClN2O3. The highest BCUT2D eigenvalue weighted by Gasteiger charge is 2.51. The third-order valence-corrected chi connectivity index (χ3v) is 4.71. The Bertz CT molecular complexity index is 809. The fourth-order valence-corrected chi connectivity index (χ4v) is 3.11. The molecule has 136 valence electrons. The lowest BCUT2D eigenvalue weighted by atomic mass is 9.95. The monoisotopic (exact) mass is 372 g/mol. The lowest BCUT2D eigenvalue weighted by Gasteiger charge is -2.16. The summed E-state index contributed by atoms with van der Waals surface area (Å²) in [5.74, 6) is -0.00667. The molecule has 3 rings (SSSR count). The van der Waals surface area contributed by atoms with E-state index in [9.17, 15) is 9.59 Å². The number of aryl methyl sites for hydroxylation is 2. The van der Waals surface area contributed by atoms with E-state index in [1.807, 2.05) is 44.2 Å². The Balaban J connectivity index is 1.51. The standard InChI is InChI=1S/C20H21ClN2O3/c1-13-9-14(2)11-17(10-13)26-12-18(24)22-23-19(25)20(7-8-20)15-3-5-16(21)6-4-15/h3-6,9-11H,7-8,12H2,1-2H3,(H,22,24)(H,23,25). The summed E-state index contributed by atoms with van der Waals surface area (Å²) < 4.78 is 5.48. The number of benzene rings is 2. The minimum Gasteiger partial charge on any atom is -0.484 e. The zero-order valence-electron chi connectivity index (χ0n) is 14.8. The number of hydrazine groups is 1. The highest BCUT2D eigenvalue weighted by molar-refractivity contribution is 6.30. The number of carbonyl (C=O) groups excluding carboxylic acids is 2. The van der Waals surface area contributed by atoms with Gasteiger partial charge in [0.05, 0.1) is 5.41 Å². The molecule has 5 nitrogen and oxygen atoms in total. The summed E-state index contributed by atoms with van der Waals surface area (Å²) in [6.45, 7) is 3.76. The van der Waals surface area contributed by atoms with E-state index >= 15 is 0 Å². The summed E-state index contributed by atoms with van der Waals surface area (Å²) >= 11 is 5.90. The maximum Gasteiger partial charge on any atom is 0.276 e. The Morgan fingerprint density at radius 2 is 1.65 bits per heavy atom. The van der Waals surface area contributed by atoms with Crippen molar-refractivity contribution in [3.8, 4) is 5.75 Å². The van der Waals surface area contributed by atoms with Gasteiger partial charge in [-0.3, -0.25) is 20.4 Å². The molecule has 0 aromatic heterocycles. The predicted octanol–water partition coefficient (Wildman–Crippen LogP) is 3.21. The zero-order valence-corrected chi connectivity index (χ0v) is 15.5. The van der Waals surface area contributed by atoms with Gasteiger partial charge in [-0.15, -0.1) is 0 Å². The molecule has 0 atom stereocenters. The number of carbonyl (C=O) groups is 2. The summed E-state index contributed by atoms with van der Waals surface area (Å²) in [7, 11) is 0. The molecule has 2 aromatic rings. The minimum atomic E-state index is -0.577. The van der Waals surface area contributed by atoms with Crippen LogP contribution in [-0.4, -0.2) is 18.4 Å². The molecular weight excluding hydrogens is 352 g/mol. The van der Waals surface area contributed by atoms with Crippen molar-refractivity contribution >= 4 is 23.4 Å². The topological polar surface area (TPSA) is 67.4 Å². The van der Waals surface area contributed by atoms with Crippen LogP contribution in [0.2, 0.25) is 5.02 Å². The van der Waals surface area contributed by atoms with E-state index in [1.54, 1.807) is 12.1 Å². The third-order valence-electron chi connectivity index (χ3n) is 4.46. The summed E-state index contributed by atoms with van der Waals surface area (Å²) in [6.07, 6.45) is 1.49. The average molecular weight is 373 g/mol. The fraction of sp³-hybridized carbons (Fsp3) is 0.300. The van der Waals surface area contributed by atoms with Gasteiger partial charge in [-0.05, 0) is 67.6 Å². The molecule has 1 aliphatic carbocycles. The first kappa shape index (κ1) is 18.3. The van der Waals surface area contributed by atoms with Crippen LogP contribution in [0.4, 0.5) is 0 Å². The maximum atomic E-state index is 12.5. The SMILES string of the molecule is Cc1cc(C)cc(OCC(=O)NNC(=O)C2(c3ccc(Cl)cc3)CC2)c1. The van der Waals surface area contributed by atoms with Gasteiger partial charge in [-0.2, -0.15) is 0 Å². The van der Waals surface area contributed by atoms with E-state index in [4.69, 9.17) is 16.3 Å². The fourth-order valence-electron chi connectivity index (χ4n) is 2.99. The van der Waals surface area contributed by atoms with E-state index < -0.39 is 11.3 Å². The van der Waals surface area contributed by atoms with Crippen molar-refractivity contribution in [3.63, 3.8) is 0 Å². The highest BCUT2D eigenvalue weighted by atomic mass is 35.5. The second kappa shape index (κ2) is 7.38. The first-order valence-electron chi connectivity index (χ1n) is 8.45. The number of ether oxygens (including phenoxy) is 1. The Morgan fingerprint density at radius 1 is 1.04 bits per heavy atom. The van der Waals surface area contributed by atoms with Gasteiger partial charge in [0.15, 0.2) is 6.61 Å². The van der Waals surface area contributed by atoms with Crippen LogP contribution in [-0.2, 0) is 15.0 Å². The molecule has 2 N–H and O–H groups in total. The van der Waals surface area contributed by atoms with Gasteiger partial charge in [0.1, 0.15) is 5.75 Å². The van der Waals surface area contributed by atoms with Crippen molar-refractivity contribution in [2.75, 3.05) is 6.61 Å².